The minimum absolute atomic E-state index is 0.424. The summed E-state index contributed by atoms with van der Waals surface area (Å²) in [5.41, 5.74) is 1.37. The lowest BCUT2D eigenvalue weighted by Gasteiger charge is -2.36. The molecule has 3 heteroatoms. The van der Waals surface area contributed by atoms with Crippen molar-refractivity contribution >= 4 is 15.9 Å². The van der Waals surface area contributed by atoms with Crippen molar-refractivity contribution in [2.24, 2.45) is 11.8 Å². The Bertz CT molecular complexity index is 363. The molecule has 0 aliphatic heterocycles. The zero-order valence-electron chi connectivity index (χ0n) is 12.1. The van der Waals surface area contributed by atoms with Crippen LogP contribution in [0.5, 0.6) is 0 Å². The summed E-state index contributed by atoms with van der Waals surface area (Å²) in [6.07, 6.45) is 0. The van der Waals surface area contributed by atoms with Gasteiger partial charge >= 0.3 is 0 Å². The van der Waals surface area contributed by atoms with Crippen LogP contribution in [0.2, 0.25) is 0 Å². The maximum atomic E-state index is 3.69. The summed E-state index contributed by atoms with van der Waals surface area (Å²) in [6, 6.07) is 8.96. The molecule has 1 aromatic carbocycles. The minimum Gasteiger partial charge on any atom is -0.319 e. The second-order valence-corrected chi connectivity index (χ2v) is 6.25. The minimum atomic E-state index is 0.424. The Labute approximate surface area is 120 Å². The molecule has 102 valence electrons. The fourth-order valence-electron chi connectivity index (χ4n) is 2.55. The zero-order valence-corrected chi connectivity index (χ0v) is 13.7. The molecule has 0 fully saturated rings. The van der Waals surface area contributed by atoms with Crippen molar-refractivity contribution in [2.75, 3.05) is 27.7 Å². The Morgan fingerprint density at radius 3 is 2.28 bits per heavy atom. The summed E-state index contributed by atoms with van der Waals surface area (Å²) in [6.45, 7) is 5.63. The van der Waals surface area contributed by atoms with Crippen molar-refractivity contribution in [2.45, 2.75) is 19.9 Å². The van der Waals surface area contributed by atoms with Gasteiger partial charge in [0.25, 0.3) is 0 Å². The average molecular weight is 313 g/mol. The molecule has 0 bridgehead atoms. The topological polar surface area (TPSA) is 15.3 Å². The quantitative estimate of drug-likeness (QED) is 0.864. The smallest absolute Gasteiger partial charge is 0.0395 e. The van der Waals surface area contributed by atoms with Crippen LogP contribution in [0.4, 0.5) is 0 Å². The predicted molar refractivity (Wildman–Crippen MR) is 82.8 cm³/mol. The first-order valence-electron chi connectivity index (χ1n) is 6.54. The number of halogens is 1. The van der Waals surface area contributed by atoms with E-state index >= 15 is 0 Å². The molecule has 0 aliphatic carbocycles. The van der Waals surface area contributed by atoms with Crippen LogP contribution in [0.15, 0.2) is 28.7 Å². The molecular formula is C15H25BrN2. The third-order valence-electron chi connectivity index (χ3n) is 3.48. The molecule has 0 heterocycles. The van der Waals surface area contributed by atoms with E-state index in [1.54, 1.807) is 0 Å². The monoisotopic (exact) mass is 312 g/mol. The number of nitrogens with zero attached hydrogens (tertiary/aromatic N) is 1. The Morgan fingerprint density at radius 2 is 1.83 bits per heavy atom. The third-order valence-corrected chi connectivity index (χ3v) is 4.20. The fourth-order valence-corrected chi connectivity index (χ4v) is 3.07. The van der Waals surface area contributed by atoms with E-state index in [-0.39, 0.29) is 0 Å². The van der Waals surface area contributed by atoms with Crippen molar-refractivity contribution in [1.29, 1.82) is 0 Å². The van der Waals surface area contributed by atoms with E-state index in [2.05, 4.69) is 78.4 Å². The lowest BCUT2D eigenvalue weighted by molar-refractivity contribution is 0.168. The fraction of sp³-hybridized carbons (Fsp3) is 0.600. The molecule has 1 aromatic rings. The van der Waals surface area contributed by atoms with E-state index in [4.69, 9.17) is 0 Å². The molecule has 0 saturated carbocycles. The molecule has 0 radical (unpaired) electrons. The van der Waals surface area contributed by atoms with Crippen molar-refractivity contribution < 1.29 is 0 Å². The third kappa shape index (κ3) is 3.81. The SMILES string of the molecule is CNCC(C(C)C)C(c1ccccc1Br)N(C)C. The summed E-state index contributed by atoms with van der Waals surface area (Å²) in [7, 11) is 6.35. The second-order valence-electron chi connectivity index (χ2n) is 5.40. The molecular weight excluding hydrogens is 288 g/mol. The molecule has 0 aliphatic rings. The van der Waals surface area contributed by atoms with Gasteiger partial charge in [-0.25, -0.2) is 0 Å². The van der Waals surface area contributed by atoms with Crippen LogP contribution in [-0.2, 0) is 0 Å². The average Bonchev–Trinajstić information content (AvgIpc) is 2.30. The van der Waals surface area contributed by atoms with Gasteiger partial charge < -0.3 is 10.2 Å². The summed E-state index contributed by atoms with van der Waals surface area (Å²) in [5.74, 6) is 1.22. The number of benzene rings is 1. The van der Waals surface area contributed by atoms with Crippen LogP contribution < -0.4 is 5.32 Å². The molecule has 0 spiro atoms. The predicted octanol–water partition coefficient (Wildman–Crippen LogP) is 3.54. The molecule has 0 saturated heterocycles. The van der Waals surface area contributed by atoms with E-state index in [0.717, 1.165) is 6.54 Å². The van der Waals surface area contributed by atoms with Crippen LogP contribution in [0.25, 0.3) is 0 Å². The molecule has 0 aromatic heterocycles. The Hall–Kier alpha value is -0.380. The maximum Gasteiger partial charge on any atom is 0.0395 e. The lowest BCUT2D eigenvalue weighted by Crippen LogP contribution is -2.36. The van der Waals surface area contributed by atoms with E-state index in [9.17, 15) is 0 Å². The maximum absolute atomic E-state index is 3.69. The normalized spacial score (nSPS) is 15.1. The number of nitrogens with one attached hydrogen (secondary N) is 1. The van der Waals surface area contributed by atoms with E-state index < -0.39 is 0 Å². The highest BCUT2D eigenvalue weighted by molar-refractivity contribution is 9.10. The first-order chi connectivity index (χ1) is 8.49. The molecule has 1 N–H and O–H groups in total. The molecule has 2 atom stereocenters. The van der Waals surface area contributed by atoms with Gasteiger partial charge in [-0.05, 0) is 51.2 Å². The number of hydrogen-bond acceptors (Lipinski definition) is 2. The summed E-state index contributed by atoms with van der Waals surface area (Å²) in [5, 5.41) is 3.33. The van der Waals surface area contributed by atoms with Crippen LogP contribution in [0.1, 0.15) is 25.5 Å². The number of hydrogen-bond donors (Lipinski definition) is 1. The zero-order chi connectivity index (χ0) is 13.7. The van der Waals surface area contributed by atoms with Gasteiger partial charge in [0.1, 0.15) is 0 Å². The van der Waals surface area contributed by atoms with Gasteiger partial charge in [-0.3, -0.25) is 0 Å². The second kappa shape index (κ2) is 7.27. The van der Waals surface area contributed by atoms with Crippen molar-refractivity contribution in [3.05, 3.63) is 34.3 Å². The van der Waals surface area contributed by atoms with Gasteiger partial charge in [0.05, 0.1) is 0 Å². The van der Waals surface area contributed by atoms with Crippen LogP contribution >= 0.6 is 15.9 Å². The molecule has 1 rings (SSSR count). The van der Waals surface area contributed by atoms with E-state index in [1.807, 2.05) is 7.05 Å². The molecule has 0 amide bonds. The highest BCUT2D eigenvalue weighted by atomic mass is 79.9. The van der Waals surface area contributed by atoms with Gasteiger partial charge in [0.15, 0.2) is 0 Å². The van der Waals surface area contributed by atoms with E-state index in [1.165, 1.54) is 10.0 Å². The van der Waals surface area contributed by atoms with Crippen molar-refractivity contribution in [3.63, 3.8) is 0 Å². The summed E-state index contributed by atoms with van der Waals surface area (Å²) >= 11 is 3.69. The Kier molecular flexibility index (Phi) is 6.33. The lowest BCUT2D eigenvalue weighted by atomic mass is 9.83. The van der Waals surface area contributed by atoms with E-state index in [0.29, 0.717) is 17.9 Å². The van der Waals surface area contributed by atoms with Crippen LogP contribution in [-0.4, -0.2) is 32.6 Å². The van der Waals surface area contributed by atoms with Crippen molar-refractivity contribution in [3.8, 4) is 0 Å². The highest BCUT2D eigenvalue weighted by Gasteiger charge is 2.28. The molecule has 2 nitrogen and oxygen atoms in total. The largest absolute Gasteiger partial charge is 0.319 e. The van der Waals surface area contributed by atoms with Gasteiger partial charge in [-0.2, -0.15) is 0 Å². The van der Waals surface area contributed by atoms with Gasteiger partial charge in [-0.1, -0.05) is 48.0 Å². The number of rotatable bonds is 6. The highest BCUT2D eigenvalue weighted by Crippen LogP contribution is 2.35. The standard InChI is InChI=1S/C15H25BrN2/c1-11(2)13(10-17-3)15(18(4)5)12-8-6-7-9-14(12)16/h6-9,11,13,15,17H,10H2,1-5H3. The first kappa shape index (κ1) is 15.7. The van der Waals surface area contributed by atoms with Gasteiger partial charge in [-0.15, -0.1) is 0 Å². The van der Waals surface area contributed by atoms with Gasteiger partial charge in [0.2, 0.25) is 0 Å². The Morgan fingerprint density at radius 1 is 1.22 bits per heavy atom. The molecule has 18 heavy (non-hydrogen) atoms. The molecule has 2 unspecified atom stereocenters. The van der Waals surface area contributed by atoms with Crippen molar-refractivity contribution in [1.82, 2.24) is 10.2 Å². The van der Waals surface area contributed by atoms with Crippen LogP contribution in [0.3, 0.4) is 0 Å². The summed E-state index contributed by atoms with van der Waals surface area (Å²) < 4.78 is 1.20. The van der Waals surface area contributed by atoms with Crippen LogP contribution in [0, 0.1) is 11.8 Å². The Balaban J connectivity index is 3.12. The summed E-state index contributed by atoms with van der Waals surface area (Å²) in [4.78, 5) is 2.32. The van der Waals surface area contributed by atoms with Gasteiger partial charge in [0, 0.05) is 10.5 Å². The first-order valence-corrected chi connectivity index (χ1v) is 7.33.